The minimum atomic E-state index is -1.16. The van der Waals surface area contributed by atoms with Gasteiger partial charge >= 0.3 is 5.97 Å². The Balaban J connectivity index is 2.30. The number of amides is 1. The maximum atomic E-state index is 12.5. The zero-order chi connectivity index (χ0) is 15.4. The fourth-order valence-corrected chi connectivity index (χ4v) is 2.05. The van der Waals surface area contributed by atoms with E-state index in [0.29, 0.717) is 0 Å². The van der Waals surface area contributed by atoms with Crippen molar-refractivity contribution in [1.29, 1.82) is 0 Å². The number of pyridine rings is 1. The van der Waals surface area contributed by atoms with Crippen molar-refractivity contribution in [3.63, 3.8) is 0 Å². The van der Waals surface area contributed by atoms with Crippen molar-refractivity contribution in [2.75, 3.05) is 7.05 Å². The SMILES string of the molecule is CC(c1ccccc1)N(C)C(=O)c1ncccc1C(=O)O. The lowest BCUT2D eigenvalue weighted by Crippen LogP contribution is -2.31. The Morgan fingerprint density at radius 1 is 1.14 bits per heavy atom. The summed E-state index contributed by atoms with van der Waals surface area (Å²) in [5.41, 5.74) is 0.839. The second-order valence-corrected chi connectivity index (χ2v) is 4.71. The number of hydrogen-bond donors (Lipinski definition) is 1. The van der Waals surface area contributed by atoms with Crippen molar-refractivity contribution in [1.82, 2.24) is 9.88 Å². The highest BCUT2D eigenvalue weighted by atomic mass is 16.4. The molecule has 2 rings (SSSR count). The second-order valence-electron chi connectivity index (χ2n) is 4.71. The van der Waals surface area contributed by atoms with Gasteiger partial charge in [0.05, 0.1) is 11.6 Å². The Morgan fingerprint density at radius 2 is 1.81 bits per heavy atom. The number of carboxylic acids is 1. The lowest BCUT2D eigenvalue weighted by atomic mass is 10.1. The van der Waals surface area contributed by atoms with E-state index in [4.69, 9.17) is 5.11 Å². The van der Waals surface area contributed by atoms with Crippen LogP contribution >= 0.6 is 0 Å². The summed E-state index contributed by atoms with van der Waals surface area (Å²) in [5, 5.41) is 9.14. The highest BCUT2D eigenvalue weighted by molar-refractivity contribution is 6.03. The van der Waals surface area contributed by atoms with Crippen LogP contribution in [0.1, 0.15) is 39.4 Å². The van der Waals surface area contributed by atoms with Gasteiger partial charge in [-0.05, 0) is 24.6 Å². The summed E-state index contributed by atoms with van der Waals surface area (Å²) in [5.74, 6) is -1.57. The van der Waals surface area contributed by atoms with Crippen molar-refractivity contribution in [3.8, 4) is 0 Å². The number of carbonyl (C=O) groups excluding carboxylic acids is 1. The third-order valence-corrected chi connectivity index (χ3v) is 3.42. The lowest BCUT2D eigenvalue weighted by Gasteiger charge is -2.25. The van der Waals surface area contributed by atoms with E-state index < -0.39 is 11.9 Å². The molecule has 1 unspecified atom stereocenters. The third-order valence-electron chi connectivity index (χ3n) is 3.42. The number of benzene rings is 1. The Hall–Kier alpha value is -2.69. The molecule has 108 valence electrons. The second kappa shape index (κ2) is 6.17. The van der Waals surface area contributed by atoms with Crippen LogP contribution in [0.25, 0.3) is 0 Å². The van der Waals surface area contributed by atoms with Crippen LogP contribution in [-0.4, -0.2) is 33.9 Å². The molecule has 5 heteroatoms. The van der Waals surface area contributed by atoms with Gasteiger partial charge in [-0.3, -0.25) is 9.78 Å². The van der Waals surface area contributed by atoms with Crippen LogP contribution in [0.4, 0.5) is 0 Å². The van der Waals surface area contributed by atoms with E-state index in [1.165, 1.54) is 23.2 Å². The molecule has 2 aromatic rings. The number of rotatable bonds is 4. The zero-order valence-corrected chi connectivity index (χ0v) is 11.9. The number of aromatic nitrogens is 1. The first-order valence-electron chi connectivity index (χ1n) is 6.52. The summed E-state index contributed by atoms with van der Waals surface area (Å²) < 4.78 is 0. The smallest absolute Gasteiger partial charge is 0.338 e. The first-order chi connectivity index (χ1) is 10.0. The first kappa shape index (κ1) is 14.7. The minimum absolute atomic E-state index is 0.0460. The van der Waals surface area contributed by atoms with E-state index in [1.807, 2.05) is 37.3 Å². The van der Waals surface area contributed by atoms with Gasteiger partial charge in [-0.15, -0.1) is 0 Å². The summed E-state index contributed by atoms with van der Waals surface area (Å²) in [7, 11) is 1.64. The van der Waals surface area contributed by atoms with Crippen LogP contribution in [0.2, 0.25) is 0 Å². The van der Waals surface area contributed by atoms with Crippen molar-refractivity contribution >= 4 is 11.9 Å². The summed E-state index contributed by atoms with van der Waals surface area (Å²) >= 11 is 0. The molecule has 0 spiro atoms. The largest absolute Gasteiger partial charge is 0.478 e. The zero-order valence-electron chi connectivity index (χ0n) is 11.9. The first-order valence-corrected chi connectivity index (χ1v) is 6.52. The van der Waals surface area contributed by atoms with Crippen LogP contribution < -0.4 is 0 Å². The minimum Gasteiger partial charge on any atom is -0.478 e. The Morgan fingerprint density at radius 3 is 2.43 bits per heavy atom. The van der Waals surface area contributed by atoms with Crippen LogP contribution in [0, 0.1) is 0 Å². The van der Waals surface area contributed by atoms with Crippen LogP contribution in [0.15, 0.2) is 48.7 Å². The van der Waals surface area contributed by atoms with E-state index in [0.717, 1.165) is 5.56 Å². The molecule has 0 bridgehead atoms. The lowest BCUT2D eigenvalue weighted by molar-refractivity contribution is 0.0668. The van der Waals surface area contributed by atoms with E-state index in [9.17, 15) is 9.59 Å². The van der Waals surface area contributed by atoms with Gasteiger partial charge < -0.3 is 10.0 Å². The summed E-state index contributed by atoms with van der Waals surface area (Å²) in [6, 6.07) is 12.2. The Labute approximate surface area is 122 Å². The van der Waals surface area contributed by atoms with Gasteiger partial charge in [0.2, 0.25) is 0 Å². The molecule has 21 heavy (non-hydrogen) atoms. The molecule has 0 aliphatic heterocycles. The molecule has 0 saturated carbocycles. The highest BCUT2D eigenvalue weighted by Gasteiger charge is 2.24. The van der Waals surface area contributed by atoms with E-state index in [1.54, 1.807) is 7.05 Å². The maximum Gasteiger partial charge on any atom is 0.338 e. The van der Waals surface area contributed by atoms with Crippen molar-refractivity contribution < 1.29 is 14.7 Å². The topological polar surface area (TPSA) is 70.5 Å². The van der Waals surface area contributed by atoms with Crippen molar-refractivity contribution in [2.45, 2.75) is 13.0 Å². The monoisotopic (exact) mass is 284 g/mol. The molecule has 1 atom stereocenters. The summed E-state index contributed by atoms with van der Waals surface area (Å²) in [6.45, 7) is 1.89. The molecule has 0 aliphatic carbocycles. The predicted octanol–water partition coefficient (Wildman–Crippen LogP) is 2.61. The van der Waals surface area contributed by atoms with Gasteiger partial charge in [-0.25, -0.2) is 4.79 Å². The molecule has 0 saturated heterocycles. The number of aromatic carboxylic acids is 1. The van der Waals surface area contributed by atoms with Crippen molar-refractivity contribution in [2.24, 2.45) is 0 Å². The van der Waals surface area contributed by atoms with Crippen molar-refractivity contribution in [3.05, 3.63) is 65.5 Å². The Bertz CT molecular complexity index is 656. The van der Waals surface area contributed by atoms with Gasteiger partial charge in [0.15, 0.2) is 0 Å². The average Bonchev–Trinajstić information content (AvgIpc) is 2.53. The number of hydrogen-bond acceptors (Lipinski definition) is 3. The molecular formula is C16H16N2O3. The average molecular weight is 284 g/mol. The maximum absolute atomic E-state index is 12.5. The summed E-state index contributed by atoms with van der Waals surface area (Å²) in [4.78, 5) is 29.1. The predicted molar refractivity (Wildman–Crippen MR) is 78.1 cm³/mol. The molecule has 1 aromatic carbocycles. The molecule has 1 amide bonds. The molecule has 0 aliphatic rings. The molecular weight excluding hydrogens is 268 g/mol. The molecule has 0 radical (unpaired) electrons. The highest BCUT2D eigenvalue weighted by Crippen LogP contribution is 2.20. The van der Waals surface area contributed by atoms with Gasteiger partial charge in [0, 0.05) is 13.2 Å². The van der Waals surface area contributed by atoms with Crippen LogP contribution in [0.5, 0.6) is 0 Å². The molecule has 1 N–H and O–H groups in total. The van der Waals surface area contributed by atoms with E-state index in [-0.39, 0.29) is 17.3 Å². The fourth-order valence-electron chi connectivity index (χ4n) is 2.05. The van der Waals surface area contributed by atoms with Gasteiger partial charge in [0.25, 0.3) is 5.91 Å². The van der Waals surface area contributed by atoms with Crippen LogP contribution in [-0.2, 0) is 0 Å². The number of nitrogens with zero attached hydrogens (tertiary/aromatic N) is 2. The standard InChI is InChI=1S/C16H16N2O3/c1-11(12-7-4-3-5-8-12)18(2)15(19)14-13(16(20)21)9-6-10-17-14/h3-11H,1-2H3,(H,20,21). The fraction of sp³-hybridized carbons (Fsp3) is 0.188. The van der Waals surface area contributed by atoms with E-state index in [2.05, 4.69) is 4.98 Å². The number of carbonyl (C=O) groups is 2. The van der Waals surface area contributed by atoms with Gasteiger partial charge in [-0.2, -0.15) is 0 Å². The summed E-state index contributed by atoms with van der Waals surface area (Å²) in [6.07, 6.45) is 1.42. The quantitative estimate of drug-likeness (QED) is 0.936. The number of carboxylic acid groups (broad SMARTS) is 1. The molecule has 1 aromatic heterocycles. The molecule has 1 heterocycles. The molecule has 5 nitrogen and oxygen atoms in total. The van der Waals surface area contributed by atoms with E-state index >= 15 is 0 Å². The van der Waals surface area contributed by atoms with Gasteiger partial charge in [0.1, 0.15) is 5.69 Å². The third kappa shape index (κ3) is 3.08. The van der Waals surface area contributed by atoms with Crippen LogP contribution in [0.3, 0.4) is 0 Å². The van der Waals surface area contributed by atoms with Gasteiger partial charge in [-0.1, -0.05) is 30.3 Å². The molecule has 0 fully saturated rings. The normalized spacial score (nSPS) is 11.7. The Kier molecular flexibility index (Phi) is 4.33.